The molecule has 4 N–H and O–H groups in total. The molecule has 1 saturated carbocycles. The summed E-state index contributed by atoms with van der Waals surface area (Å²) in [7, 11) is -9.30. The first-order chi connectivity index (χ1) is 16.3. The normalized spacial score (nSPS) is 23.0. The quantitative estimate of drug-likeness (QED) is 0.305. The molecule has 2 atom stereocenters. The lowest BCUT2D eigenvalue weighted by Gasteiger charge is -2.36. The molecule has 1 aliphatic carbocycles. The van der Waals surface area contributed by atoms with E-state index in [0.29, 0.717) is 9.88 Å². The number of halogens is 1. The summed E-state index contributed by atoms with van der Waals surface area (Å²) in [5, 5.41) is 10.2. The third-order valence-corrected chi connectivity index (χ3v) is 7.95. The SMILES string of the molecule is CC(OC(=O)N1CC(c2ccc(O)c(N3CC(=O)NS3(=O)=O)c2F)=CC1C1CCC1)OP(=O)(O)O. The van der Waals surface area contributed by atoms with E-state index in [0.717, 1.165) is 32.3 Å². The Labute approximate surface area is 199 Å². The molecule has 0 spiro atoms. The minimum atomic E-state index is -4.91. The summed E-state index contributed by atoms with van der Waals surface area (Å²) in [5.74, 6) is -2.64. The second-order valence-corrected chi connectivity index (χ2v) is 11.2. The number of phenols is 1. The standard InChI is InChI=1S/C19H23FN3O10PS/c1-10(33-34(27,28)29)32-19(26)22-8-12(7-14(22)11-3-2-4-11)13-5-6-15(24)18(17(13)20)23-9-16(25)21-35(23,30)31/h5-7,10-11,14,24H,2-4,8-9H2,1H3,(H,21,25)(H2,27,28,29). The number of phenolic OH excluding ortho intramolecular Hbond substituents is 1. The van der Waals surface area contributed by atoms with Gasteiger partial charge < -0.3 is 19.6 Å². The van der Waals surface area contributed by atoms with Crippen LogP contribution in [0.4, 0.5) is 14.9 Å². The Morgan fingerprint density at radius 2 is 1.97 bits per heavy atom. The maximum Gasteiger partial charge on any atom is 0.472 e. The maximum atomic E-state index is 15.6. The van der Waals surface area contributed by atoms with Crippen LogP contribution in [0.1, 0.15) is 31.7 Å². The van der Waals surface area contributed by atoms with E-state index in [1.54, 1.807) is 10.8 Å². The lowest BCUT2D eigenvalue weighted by Crippen LogP contribution is -2.44. The number of carbonyl (C=O) groups is 2. The van der Waals surface area contributed by atoms with Crippen molar-refractivity contribution in [2.45, 2.75) is 38.5 Å². The summed E-state index contributed by atoms with van der Waals surface area (Å²) in [6.07, 6.45) is 1.64. The fraction of sp³-hybridized carbons (Fsp3) is 0.474. The summed E-state index contributed by atoms with van der Waals surface area (Å²) in [6, 6.07) is 1.80. The van der Waals surface area contributed by atoms with Crippen molar-refractivity contribution in [3.63, 3.8) is 0 Å². The molecule has 0 aromatic heterocycles. The maximum absolute atomic E-state index is 15.6. The van der Waals surface area contributed by atoms with E-state index in [-0.39, 0.29) is 18.0 Å². The molecule has 192 valence electrons. The zero-order chi connectivity index (χ0) is 25.7. The van der Waals surface area contributed by atoms with Crippen LogP contribution in [0.25, 0.3) is 5.57 Å². The number of nitrogens with zero attached hydrogens (tertiary/aromatic N) is 2. The summed E-state index contributed by atoms with van der Waals surface area (Å²) in [6.45, 7) is 0.265. The number of anilines is 1. The van der Waals surface area contributed by atoms with Crippen LogP contribution in [-0.2, 0) is 28.8 Å². The van der Waals surface area contributed by atoms with Crippen molar-refractivity contribution in [3.05, 3.63) is 29.6 Å². The Morgan fingerprint density at radius 3 is 2.51 bits per heavy atom. The molecule has 4 rings (SSSR count). The van der Waals surface area contributed by atoms with Gasteiger partial charge in [-0.05, 0) is 43.4 Å². The van der Waals surface area contributed by atoms with Crippen molar-refractivity contribution < 1.29 is 51.1 Å². The van der Waals surface area contributed by atoms with Crippen molar-refractivity contribution in [2.24, 2.45) is 5.92 Å². The first kappa shape index (κ1) is 25.4. The van der Waals surface area contributed by atoms with Crippen LogP contribution < -0.4 is 9.03 Å². The second kappa shape index (κ2) is 9.06. The third kappa shape index (κ3) is 5.14. The smallest absolute Gasteiger partial charge is 0.472 e. The minimum absolute atomic E-state index is 0.0403. The molecule has 2 unspecified atom stereocenters. The second-order valence-electron chi connectivity index (χ2n) is 8.38. The van der Waals surface area contributed by atoms with E-state index >= 15 is 4.39 Å². The van der Waals surface area contributed by atoms with Gasteiger partial charge in [-0.15, -0.1) is 0 Å². The number of hydrogen-bond donors (Lipinski definition) is 4. The Hall–Kier alpha value is -2.71. The highest BCUT2D eigenvalue weighted by atomic mass is 32.2. The van der Waals surface area contributed by atoms with Crippen LogP contribution in [0.2, 0.25) is 0 Å². The number of rotatable bonds is 6. The predicted octanol–water partition coefficient (Wildman–Crippen LogP) is 1.17. The van der Waals surface area contributed by atoms with E-state index in [1.807, 2.05) is 0 Å². The number of aromatic hydroxyl groups is 1. The van der Waals surface area contributed by atoms with Gasteiger partial charge in [0, 0.05) is 5.56 Å². The molecule has 35 heavy (non-hydrogen) atoms. The number of hydrogen-bond acceptors (Lipinski definition) is 8. The molecule has 16 heteroatoms. The number of carbonyl (C=O) groups excluding carboxylic acids is 2. The van der Waals surface area contributed by atoms with Crippen LogP contribution >= 0.6 is 7.82 Å². The van der Waals surface area contributed by atoms with Gasteiger partial charge in [0.25, 0.3) is 5.91 Å². The highest BCUT2D eigenvalue weighted by Gasteiger charge is 2.41. The number of phosphoric ester groups is 1. The van der Waals surface area contributed by atoms with Gasteiger partial charge in [0.1, 0.15) is 18.0 Å². The van der Waals surface area contributed by atoms with Gasteiger partial charge >= 0.3 is 24.1 Å². The van der Waals surface area contributed by atoms with Crippen molar-refractivity contribution in [2.75, 3.05) is 17.4 Å². The molecular weight excluding hydrogens is 512 g/mol. The van der Waals surface area contributed by atoms with Crippen molar-refractivity contribution >= 4 is 41.3 Å². The molecular formula is C19H23FN3O10PS. The first-order valence-corrected chi connectivity index (χ1v) is 13.5. The zero-order valence-corrected chi connectivity index (χ0v) is 20.0. The van der Waals surface area contributed by atoms with Gasteiger partial charge in [0.2, 0.25) is 6.29 Å². The molecule has 3 aliphatic rings. The van der Waals surface area contributed by atoms with Crippen LogP contribution in [-0.4, -0.2) is 65.6 Å². The Bertz CT molecular complexity index is 1250. The molecule has 1 aromatic rings. The van der Waals surface area contributed by atoms with Crippen molar-refractivity contribution in [3.8, 4) is 5.75 Å². The van der Waals surface area contributed by atoms with Crippen molar-refractivity contribution in [1.29, 1.82) is 0 Å². The number of nitrogens with one attached hydrogen (secondary N) is 1. The van der Waals surface area contributed by atoms with Crippen LogP contribution in [0, 0.1) is 11.7 Å². The molecule has 13 nitrogen and oxygen atoms in total. The van der Waals surface area contributed by atoms with E-state index in [4.69, 9.17) is 14.5 Å². The van der Waals surface area contributed by atoms with Gasteiger partial charge in [0.15, 0.2) is 5.82 Å². The zero-order valence-electron chi connectivity index (χ0n) is 18.3. The first-order valence-electron chi connectivity index (χ1n) is 10.5. The van der Waals surface area contributed by atoms with E-state index < -0.39 is 66.2 Å². The molecule has 0 radical (unpaired) electrons. The highest BCUT2D eigenvalue weighted by molar-refractivity contribution is 7.92. The minimum Gasteiger partial charge on any atom is -0.506 e. The predicted molar refractivity (Wildman–Crippen MR) is 117 cm³/mol. The Morgan fingerprint density at radius 1 is 1.29 bits per heavy atom. The summed E-state index contributed by atoms with van der Waals surface area (Å²) >= 11 is 0. The van der Waals surface area contributed by atoms with Gasteiger partial charge in [-0.2, -0.15) is 8.42 Å². The molecule has 0 bridgehead atoms. The number of ether oxygens (including phenoxy) is 1. The average molecular weight is 535 g/mol. The van der Waals surface area contributed by atoms with E-state index in [2.05, 4.69) is 4.52 Å². The van der Waals surface area contributed by atoms with Crippen LogP contribution in [0.5, 0.6) is 5.75 Å². The highest BCUT2D eigenvalue weighted by Crippen LogP contribution is 2.43. The molecule has 2 fully saturated rings. The number of benzene rings is 1. The lowest BCUT2D eigenvalue weighted by atomic mass is 9.79. The van der Waals surface area contributed by atoms with Gasteiger partial charge in [0.05, 0.1) is 12.6 Å². The van der Waals surface area contributed by atoms with E-state index in [9.17, 15) is 27.7 Å². The summed E-state index contributed by atoms with van der Waals surface area (Å²) in [5.41, 5.74) is -0.491. The summed E-state index contributed by atoms with van der Waals surface area (Å²) in [4.78, 5) is 43.4. The fourth-order valence-electron chi connectivity index (χ4n) is 4.28. The van der Waals surface area contributed by atoms with Crippen LogP contribution in [0.15, 0.2) is 18.2 Å². The molecule has 2 heterocycles. The van der Waals surface area contributed by atoms with Crippen molar-refractivity contribution in [1.82, 2.24) is 9.62 Å². The van der Waals surface area contributed by atoms with Gasteiger partial charge in [-0.1, -0.05) is 12.5 Å². The van der Waals surface area contributed by atoms with Gasteiger partial charge in [-0.25, -0.2) is 27.3 Å². The summed E-state index contributed by atoms with van der Waals surface area (Å²) < 4.78 is 62.5. The number of amides is 2. The monoisotopic (exact) mass is 535 g/mol. The van der Waals surface area contributed by atoms with Crippen LogP contribution in [0.3, 0.4) is 0 Å². The largest absolute Gasteiger partial charge is 0.506 e. The number of phosphoric acid groups is 1. The third-order valence-electron chi connectivity index (χ3n) is 6.00. The molecule has 1 saturated heterocycles. The Kier molecular flexibility index (Phi) is 6.57. The molecule has 2 aliphatic heterocycles. The molecule has 1 aromatic carbocycles. The fourth-order valence-corrected chi connectivity index (χ4v) is 5.87. The molecule has 2 amide bonds. The lowest BCUT2D eigenvalue weighted by molar-refractivity contribution is -0.117. The average Bonchev–Trinajstić information content (AvgIpc) is 3.19. The van der Waals surface area contributed by atoms with Gasteiger partial charge in [-0.3, -0.25) is 9.69 Å². The Balaban J connectivity index is 1.63. The van der Waals surface area contributed by atoms with E-state index in [1.165, 1.54) is 11.0 Å². The topological polar surface area (TPSA) is 183 Å².